The SMILES string of the molecule is CC1CCOC1C(=O)Nc1cccc(F)c1C#N. The van der Waals surface area contributed by atoms with E-state index in [2.05, 4.69) is 5.32 Å². The maximum absolute atomic E-state index is 13.3. The number of rotatable bonds is 2. The van der Waals surface area contributed by atoms with Gasteiger partial charge in [-0.3, -0.25) is 4.79 Å². The van der Waals surface area contributed by atoms with Gasteiger partial charge < -0.3 is 10.1 Å². The molecule has 0 aliphatic carbocycles. The number of anilines is 1. The molecule has 1 aromatic rings. The van der Waals surface area contributed by atoms with Crippen molar-refractivity contribution in [2.75, 3.05) is 11.9 Å². The van der Waals surface area contributed by atoms with Gasteiger partial charge in [-0.2, -0.15) is 5.26 Å². The Bertz CT molecular complexity index is 510. The van der Waals surface area contributed by atoms with E-state index in [-0.39, 0.29) is 23.1 Å². The van der Waals surface area contributed by atoms with Crippen molar-refractivity contribution < 1.29 is 13.9 Å². The maximum atomic E-state index is 13.3. The Morgan fingerprint density at radius 2 is 2.39 bits per heavy atom. The molecule has 1 saturated heterocycles. The zero-order valence-electron chi connectivity index (χ0n) is 9.94. The molecule has 0 saturated carbocycles. The number of amides is 1. The molecule has 5 heteroatoms. The zero-order chi connectivity index (χ0) is 13.1. The monoisotopic (exact) mass is 248 g/mol. The first-order chi connectivity index (χ1) is 8.63. The largest absolute Gasteiger partial charge is 0.368 e. The number of hydrogen-bond donors (Lipinski definition) is 1. The summed E-state index contributed by atoms with van der Waals surface area (Å²) in [4.78, 5) is 11.9. The van der Waals surface area contributed by atoms with Gasteiger partial charge in [0.05, 0.1) is 5.69 Å². The predicted molar refractivity (Wildman–Crippen MR) is 63.3 cm³/mol. The van der Waals surface area contributed by atoms with Gasteiger partial charge in [0.1, 0.15) is 23.6 Å². The summed E-state index contributed by atoms with van der Waals surface area (Å²) < 4.78 is 18.7. The summed E-state index contributed by atoms with van der Waals surface area (Å²) in [7, 11) is 0. The summed E-state index contributed by atoms with van der Waals surface area (Å²) in [5.74, 6) is -0.845. The Morgan fingerprint density at radius 3 is 3.00 bits per heavy atom. The second kappa shape index (κ2) is 5.15. The molecule has 1 aromatic carbocycles. The topological polar surface area (TPSA) is 62.1 Å². The molecule has 0 bridgehead atoms. The third kappa shape index (κ3) is 2.34. The summed E-state index contributed by atoms with van der Waals surface area (Å²) in [5, 5.41) is 11.4. The quantitative estimate of drug-likeness (QED) is 0.871. The lowest BCUT2D eigenvalue weighted by Gasteiger charge is -2.15. The van der Waals surface area contributed by atoms with E-state index in [1.807, 2.05) is 6.92 Å². The van der Waals surface area contributed by atoms with Gasteiger partial charge in [0.25, 0.3) is 5.91 Å². The maximum Gasteiger partial charge on any atom is 0.253 e. The fraction of sp³-hybridized carbons (Fsp3) is 0.385. The number of carbonyl (C=O) groups is 1. The molecule has 0 aromatic heterocycles. The van der Waals surface area contributed by atoms with Gasteiger partial charge in [-0.1, -0.05) is 13.0 Å². The number of nitriles is 1. The van der Waals surface area contributed by atoms with Gasteiger partial charge >= 0.3 is 0 Å². The van der Waals surface area contributed by atoms with Crippen molar-refractivity contribution in [2.45, 2.75) is 19.4 Å². The number of nitrogens with one attached hydrogen (secondary N) is 1. The molecule has 2 atom stereocenters. The first kappa shape index (κ1) is 12.5. The molecule has 1 N–H and O–H groups in total. The minimum atomic E-state index is -0.643. The Labute approximate surface area is 104 Å². The van der Waals surface area contributed by atoms with E-state index in [4.69, 9.17) is 10.00 Å². The van der Waals surface area contributed by atoms with Crippen LogP contribution in [0.1, 0.15) is 18.9 Å². The molecule has 1 aliphatic rings. The highest BCUT2D eigenvalue weighted by atomic mass is 19.1. The lowest BCUT2D eigenvalue weighted by Crippen LogP contribution is -2.31. The second-order valence-electron chi connectivity index (χ2n) is 4.32. The normalized spacial score (nSPS) is 22.5. The molecule has 1 aliphatic heterocycles. The molecule has 2 unspecified atom stereocenters. The number of nitrogens with zero attached hydrogens (tertiary/aromatic N) is 1. The Balaban J connectivity index is 2.17. The van der Waals surface area contributed by atoms with Gasteiger partial charge in [-0.15, -0.1) is 0 Å². The van der Waals surface area contributed by atoms with Gasteiger partial charge in [0.15, 0.2) is 0 Å². The Morgan fingerprint density at radius 1 is 1.61 bits per heavy atom. The van der Waals surface area contributed by atoms with Crippen LogP contribution in [0.25, 0.3) is 0 Å². The van der Waals surface area contributed by atoms with Crippen LogP contribution in [0.5, 0.6) is 0 Å². The highest BCUT2D eigenvalue weighted by Gasteiger charge is 2.31. The number of benzene rings is 1. The van der Waals surface area contributed by atoms with E-state index in [0.717, 1.165) is 6.42 Å². The van der Waals surface area contributed by atoms with Gasteiger partial charge in [0.2, 0.25) is 0 Å². The lowest BCUT2D eigenvalue weighted by atomic mass is 10.0. The third-order valence-electron chi connectivity index (χ3n) is 3.03. The lowest BCUT2D eigenvalue weighted by molar-refractivity contribution is -0.126. The summed E-state index contributed by atoms with van der Waals surface area (Å²) in [6.07, 6.45) is 0.298. The minimum absolute atomic E-state index is 0.129. The van der Waals surface area contributed by atoms with Crippen LogP contribution in [0.3, 0.4) is 0 Å². The summed E-state index contributed by atoms with van der Waals surface area (Å²) in [5.41, 5.74) is 0.0294. The average molecular weight is 248 g/mol. The molecule has 94 valence electrons. The number of hydrogen-bond acceptors (Lipinski definition) is 3. The van der Waals surface area contributed by atoms with Crippen molar-refractivity contribution in [1.82, 2.24) is 0 Å². The van der Waals surface area contributed by atoms with E-state index < -0.39 is 11.9 Å². The molecule has 1 fully saturated rings. The molecular weight excluding hydrogens is 235 g/mol. The number of ether oxygens (including phenoxy) is 1. The van der Waals surface area contributed by atoms with Crippen molar-refractivity contribution in [2.24, 2.45) is 5.92 Å². The van der Waals surface area contributed by atoms with Crippen molar-refractivity contribution >= 4 is 11.6 Å². The van der Waals surface area contributed by atoms with E-state index in [0.29, 0.717) is 6.61 Å². The summed E-state index contributed by atoms with van der Waals surface area (Å²) in [6.45, 7) is 2.47. The van der Waals surface area contributed by atoms with E-state index >= 15 is 0 Å². The van der Waals surface area contributed by atoms with Crippen molar-refractivity contribution in [3.63, 3.8) is 0 Å². The van der Waals surface area contributed by atoms with Crippen molar-refractivity contribution in [3.8, 4) is 6.07 Å². The van der Waals surface area contributed by atoms with Crippen LogP contribution >= 0.6 is 0 Å². The highest BCUT2D eigenvalue weighted by Crippen LogP contribution is 2.23. The van der Waals surface area contributed by atoms with Gasteiger partial charge in [-0.05, 0) is 24.5 Å². The summed E-state index contributed by atoms with van der Waals surface area (Å²) in [6, 6.07) is 5.87. The van der Waals surface area contributed by atoms with Crippen LogP contribution in [-0.2, 0) is 9.53 Å². The first-order valence-corrected chi connectivity index (χ1v) is 5.74. The van der Waals surface area contributed by atoms with E-state index in [1.165, 1.54) is 18.2 Å². The molecule has 1 amide bonds. The fourth-order valence-corrected chi connectivity index (χ4v) is 1.98. The van der Waals surface area contributed by atoms with E-state index in [9.17, 15) is 9.18 Å². The van der Waals surface area contributed by atoms with Crippen LogP contribution in [0.15, 0.2) is 18.2 Å². The van der Waals surface area contributed by atoms with E-state index in [1.54, 1.807) is 6.07 Å². The average Bonchev–Trinajstić information content (AvgIpc) is 2.76. The van der Waals surface area contributed by atoms with Gasteiger partial charge in [0, 0.05) is 6.61 Å². The molecule has 1 heterocycles. The number of carbonyl (C=O) groups excluding carboxylic acids is 1. The van der Waals surface area contributed by atoms with Crippen molar-refractivity contribution in [3.05, 3.63) is 29.6 Å². The molecule has 18 heavy (non-hydrogen) atoms. The molecule has 2 rings (SSSR count). The van der Waals surface area contributed by atoms with Gasteiger partial charge in [-0.25, -0.2) is 4.39 Å². The van der Waals surface area contributed by atoms with Crippen LogP contribution in [-0.4, -0.2) is 18.6 Å². The number of halogens is 1. The van der Waals surface area contributed by atoms with Crippen LogP contribution in [0, 0.1) is 23.1 Å². The predicted octanol–water partition coefficient (Wildman–Crippen LogP) is 2.06. The molecule has 0 radical (unpaired) electrons. The first-order valence-electron chi connectivity index (χ1n) is 5.74. The van der Waals surface area contributed by atoms with Crippen molar-refractivity contribution in [1.29, 1.82) is 5.26 Å². The smallest absolute Gasteiger partial charge is 0.253 e. The van der Waals surface area contributed by atoms with Crippen LogP contribution in [0.2, 0.25) is 0 Å². The minimum Gasteiger partial charge on any atom is -0.368 e. The standard InChI is InChI=1S/C13H13FN2O2/c1-8-5-6-18-12(8)13(17)16-11-4-2-3-10(14)9(11)7-15/h2-4,8,12H,5-6H2,1H3,(H,16,17). The molecule has 0 spiro atoms. The second-order valence-corrected chi connectivity index (χ2v) is 4.32. The van der Waals surface area contributed by atoms with Crippen LogP contribution < -0.4 is 5.32 Å². The molecule has 4 nitrogen and oxygen atoms in total. The third-order valence-corrected chi connectivity index (χ3v) is 3.03. The van der Waals surface area contributed by atoms with Crippen LogP contribution in [0.4, 0.5) is 10.1 Å². The molecular formula is C13H13FN2O2. The Kier molecular flexibility index (Phi) is 3.58. The Hall–Kier alpha value is -1.93. The summed E-state index contributed by atoms with van der Waals surface area (Å²) >= 11 is 0. The fourth-order valence-electron chi connectivity index (χ4n) is 1.98. The highest BCUT2D eigenvalue weighted by molar-refractivity contribution is 5.95. The zero-order valence-corrected chi connectivity index (χ0v) is 9.94.